The van der Waals surface area contributed by atoms with Crippen molar-refractivity contribution in [3.8, 4) is 5.75 Å². The van der Waals surface area contributed by atoms with E-state index in [-0.39, 0.29) is 11.5 Å². The Labute approximate surface area is 104 Å². The van der Waals surface area contributed by atoms with Crippen molar-refractivity contribution >= 4 is 17.4 Å². The fraction of sp³-hybridized carbons (Fsp3) is 0.417. The molecule has 0 bridgehead atoms. The van der Waals surface area contributed by atoms with Gasteiger partial charge in [-0.1, -0.05) is 13.8 Å². The lowest BCUT2D eigenvalue weighted by molar-refractivity contribution is 0.0536. The molecule has 0 saturated heterocycles. The van der Waals surface area contributed by atoms with Crippen molar-refractivity contribution in [1.29, 1.82) is 0 Å². The first-order chi connectivity index (χ1) is 7.77. The fourth-order valence-electron chi connectivity index (χ4n) is 1.49. The summed E-state index contributed by atoms with van der Waals surface area (Å²) < 4.78 is 30.5. The van der Waals surface area contributed by atoms with E-state index >= 15 is 0 Å². The van der Waals surface area contributed by atoms with Gasteiger partial charge in [0.15, 0.2) is 0 Å². The van der Waals surface area contributed by atoms with Crippen molar-refractivity contribution in [3.63, 3.8) is 0 Å². The average molecular weight is 263 g/mol. The van der Waals surface area contributed by atoms with Crippen LogP contribution in [0.15, 0.2) is 18.2 Å². The molecule has 2 nitrogen and oxygen atoms in total. The highest BCUT2D eigenvalue weighted by Crippen LogP contribution is 2.30. The number of halogens is 3. The summed E-state index contributed by atoms with van der Waals surface area (Å²) in [6.45, 7) is 3.76. The SMILES string of the molecule is COc1ccc(C(=O)C(F)(F)Cl)cc1C(C)C. The molecular weight excluding hydrogens is 250 g/mol. The van der Waals surface area contributed by atoms with Crippen LogP contribution in [0.25, 0.3) is 0 Å². The van der Waals surface area contributed by atoms with E-state index in [0.29, 0.717) is 11.3 Å². The maximum atomic E-state index is 12.7. The summed E-state index contributed by atoms with van der Waals surface area (Å²) in [5.74, 6) is -0.778. The number of rotatable bonds is 4. The molecule has 1 aromatic rings. The standard InChI is InChI=1S/C12H13ClF2O2/c1-7(2)9-6-8(4-5-10(9)17-3)11(16)12(13,14)15/h4-7H,1-3H3. The number of benzene rings is 1. The van der Waals surface area contributed by atoms with Gasteiger partial charge in [0.25, 0.3) is 0 Å². The topological polar surface area (TPSA) is 26.3 Å². The third-order valence-electron chi connectivity index (χ3n) is 2.37. The summed E-state index contributed by atoms with van der Waals surface area (Å²) in [4.78, 5) is 11.3. The lowest BCUT2D eigenvalue weighted by Gasteiger charge is -2.14. The van der Waals surface area contributed by atoms with Crippen molar-refractivity contribution in [1.82, 2.24) is 0 Å². The monoisotopic (exact) mass is 262 g/mol. The molecule has 0 atom stereocenters. The summed E-state index contributed by atoms with van der Waals surface area (Å²) in [6.07, 6.45) is 0. The van der Waals surface area contributed by atoms with Gasteiger partial charge in [0.2, 0.25) is 5.78 Å². The fourth-order valence-corrected chi connectivity index (χ4v) is 1.60. The van der Waals surface area contributed by atoms with Gasteiger partial charge in [-0.05, 0) is 41.3 Å². The normalized spacial score (nSPS) is 11.7. The minimum atomic E-state index is -3.87. The van der Waals surface area contributed by atoms with Crippen LogP contribution in [0.5, 0.6) is 5.75 Å². The number of hydrogen-bond donors (Lipinski definition) is 0. The smallest absolute Gasteiger partial charge is 0.384 e. The summed E-state index contributed by atoms with van der Waals surface area (Å²) in [5.41, 5.74) is 0.578. The summed E-state index contributed by atoms with van der Waals surface area (Å²) >= 11 is 4.71. The summed E-state index contributed by atoms with van der Waals surface area (Å²) in [5, 5.41) is -3.87. The van der Waals surface area contributed by atoms with Crippen LogP contribution in [0.2, 0.25) is 0 Å². The lowest BCUT2D eigenvalue weighted by Crippen LogP contribution is -2.21. The molecule has 94 valence electrons. The van der Waals surface area contributed by atoms with Crippen molar-refractivity contribution in [2.45, 2.75) is 25.1 Å². The van der Waals surface area contributed by atoms with Gasteiger partial charge in [-0.3, -0.25) is 4.79 Å². The van der Waals surface area contributed by atoms with Crippen LogP contribution >= 0.6 is 11.6 Å². The van der Waals surface area contributed by atoms with E-state index in [2.05, 4.69) is 0 Å². The average Bonchev–Trinajstić information content (AvgIpc) is 2.25. The predicted molar refractivity (Wildman–Crippen MR) is 62.2 cm³/mol. The molecular formula is C12H13ClF2O2. The zero-order valence-corrected chi connectivity index (χ0v) is 10.5. The molecule has 17 heavy (non-hydrogen) atoms. The molecule has 0 amide bonds. The third-order valence-corrected chi connectivity index (χ3v) is 2.54. The second kappa shape index (κ2) is 5.00. The van der Waals surface area contributed by atoms with Gasteiger partial charge in [0, 0.05) is 5.56 Å². The molecule has 5 heteroatoms. The number of carbonyl (C=O) groups excluding carboxylic acids is 1. The van der Waals surface area contributed by atoms with E-state index in [1.807, 2.05) is 13.8 Å². The number of Topliss-reactive ketones (excluding diaryl/α,β-unsaturated/α-hetero) is 1. The molecule has 0 N–H and O–H groups in total. The Morgan fingerprint density at radius 2 is 2.00 bits per heavy atom. The van der Waals surface area contributed by atoms with Crippen LogP contribution in [0, 0.1) is 0 Å². The van der Waals surface area contributed by atoms with Crippen LogP contribution in [-0.2, 0) is 0 Å². The highest BCUT2D eigenvalue weighted by Gasteiger charge is 2.36. The Balaban J connectivity index is 3.22. The van der Waals surface area contributed by atoms with E-state index in [4.69, 9.17) is 16.3 Å². The first-order valence-electron chi connectivity index (χ1n) is 5.06. The van der Waals surface area contributed by atoms with Crippen LogP contribution in [0.3, 0.4) is 0 Å². The number of hydrogen-bond acceptors (Lipinski definition) is 2. The van der Waals surface area contributed by atoms with Gasteiger partial charge >= 0.3 is 5.38 Å². The van der Waals surface area contributed by atoms with E-state index in [1.165, 1.54) is 25.3 Å². The van der Waals surface area contributed by atoms with Gasteiger partial charge in [0.1, 0.15) is 5.75 Å². The number of carbonyl (C=O) groups is 1. The Morgan fingerprint density at radius 1 is 1.41 bits per heavy atom. The highest BCUT2D eigenvalue weighted by atomic mass is 35.5. The van der Waals surface area contributed by atoms with E-state index in [0.717, 1.165) is 0 Å². The molecule has 0 saturated carbocycles. The van der Waals surface area contributed by atoms with Crippen molar-refractivity contribution in [2.75, 3.05) is 7.11 Å². The highest BCUT2D eigenvalue weighted by molar-refractivity contribution is 6.35. The van der Waals surface area contributed by atoms with Crippen molar-refractivity contribution in [2.24, 2.45) is 0 Å². The summed E-state index contributed by atoms with van der Waals surface area (Å²) in [7, 11) is 1.48. The predicted octanol–water partition coefficient (Wildman–Crippen LogP) is 3.83. The number of alkyl halides is 3. The molecule has 0 aromatic heterocycles. The van der Waals surface area contributed by atoms with Gasteiger partial charge in [0.05, 0.1) is 7.11 Å². The van der Waals surface area contributed by atoms with E-state index in [1.54, 1.807) is 0 Å². The van der Waals surface area contributed by atoms with E-state index < -0.39 is 11.2 Å². The minimum Gasteiger partial charge on any atom is -0.496 e. The van der Waals surface area contributed by atoms with Crippen LogP contribution in [0.4, 0.5) is 8.78 Å². The van der Waals surface area contributed by atoms with Gasteiger partial charge in [-0.15, -0.1) is 0 Å². The van der Waals surface area contributed by atoms with Gasteiger partial charge in [-0.25, -0.2) is 0 Å². The molecule has 0 spiro atoms. The number of ketones is 1. The molecule has 0 heterocycles. The summed E-state index contributed by atoms with van der Waals surface area (Å²) in [6, 6.07) is 4.16. The Kier molecular flexibility index (Phi) is 4.09. The molecule has 0 aliphatic rings. The van der Waals surface area contributed by atoms with Crippen LogP contribution in [0.1, 0.15) is 35.7 Å². The van der Waals surface area contributed by atoms with Crippen molar-refractivity contribution < 1.29 is 18.3 Å². The Hall–Kier alpha value is -1.16. The minimum absolute atomic E-state index is 0.0571. The zero-order chi connectivity index (χ0) is 13.2. The van der Waals surface area contributed by atoms with Crippen molar-refractivity contribution in [3.05, 3.63) is 29.3 Å². The van der Waals surface area contributed by atoms with Crippen LogP contribution in [-0.4, -0.2) is 18.3 Å². The molecule has 0 fully saturated rings. The first kappa shape index (κ1) is 13.9. The molecule has 1 aromatic carbocycles. The maximum Gasteiger partial charge on any atom is 0.384 e. The molecule has 0 aliphatic carbocycles. The zero-order valence-electron chi connectivity index (χ0n) is 9.76. The third kappa shape index (κ3) is 3.16. The van der Waals surface area contributed by atoms with Crippen LogP contribution < -0.4 is 4.74 Å². The Bertz CT molecular complexity index is 425. The Morgan fingerprint density at radius 3 is 2.41 bits per heavy atom. The van der Waals surface area contributed by atoms with E-state index in [9.17, 15) is 13.6 Å². The first-order valence-corrected chi connectivity index (χ1v) is 5.44. The molecule has 0 radical (unpaired) electrons. The lowest BCUT2D eigenvalue weighted by atomic mass is 9.98. The number of methoxy groups -OCH3 is 1. The second-order valence-electron chi connectivity index (χ2n) is 3.94. The number of ether oxygens (including phenoxy) is 1. The van der Waals surface area contributed by atoms with Gasteiger partial charge < -0.3 is 4.74 Å². The molecule has 1 rings (SSSR count). The second-order valence-corrected chi connectivity index (χ2v) is 4.41. The quantitative estimate of drug-likeness (QED) is 0.609. The molecule has 0 unspecified atom stereocenters. The maximum absolute atomic E-state index is 12.7. The molecule has 0 aliphatic heterocycles. The van der Waals surface area contributed by atoms with Gasteiger partial charge in [-0.2, -0.15) is 8.78 Å². The largest absolute Gasteiger partial charge is 0.496 e.